The number of amides is 1. The molecule has 0 unspecified atom stereocenters. The number of carbonyl (C=O) groups excluding carboxylic acids is 1. The second-order valence-electron chi connectivity index (χ2n) is 5.84. The van der Waals surface area contributed by atoms with Gasteiger partial charge in [-0.05, 0) is 35.7 Å². The second-order valence-corrected chi connectivity index (χ2v) is 6.78. The monoisotopic (exact) mass is 377 g/mol. The van der Waals surface area contributed by atoms with Crippen molar-refractivity contribution >= 4 is 17.7 Å². The van der Waals surface area contributed by atoms with Crippen molar-refractivity contribution in [1.29, 1.82) is 5.26 Å². The number of aromatic nitrogens is 3. The summed E-state index contributed by atoms with van der Waals surface area (Å²) in [4.78, 5) is 12.2. The maximum absolute atomic E-state index is 12.2. The van der Waals surface area contributed by atoms with Crippen LogP contribution in [0.25, 0.3) is 5.69 Å². The zero-order valence-electron chi connectivity index (χ0n) is 14.9. The van der Waals surface area contributed by atoms with E-state index in [4.69, 9.17) is 5.26 Å². The molecule has 0 bridgehead atoms. The van der Waals surface area contributed by atoms with Gasteiger partial charge in [0.25, 0.3) is 0 Å². The van der Waals surface area contributed by atoms with Gasteiger partial charge in [0.1, 0.15) is 6.33 Å². The summed E-state index contributed by atoms with van der Waals surface area (Å²) in [6.07, 6.45) is 2.58. The highest BCUT2D eigenvalue weighted by Crippen LogP contribution is 2.22. The van der Waals surface area contributed by atoms with Crippen LogP contribution in [-0.2, 0) is 17.8 Å². The molecule has 1 N–H and O–H groups in total. The maximum Gasteiger partial charge on any atom is 0.230 e. The third-order valence-electron chi connectivity index (χ3n) is 4.05. The number of benzene rings is 2. The van der Waals surface area contributed by atoms with E-state index in [0.717, 1.165) is 17.7 Å². The first-order valence-electron chi connectivity index (χ1n) is 8.58. The van der Waals surface area contributed by atoms with Crippen molar-refractivity contribution in [3.05, 3.63) is 71.5 Å². The van der Waals surface area contributed by atoms with Crippen LogP contribution in [0.2, 0.25) is 0 Å². The van der Waals surface area contributed by atoms with Crippen LogP contribution in [0.4, 0.5) is 0 Å². The Morgan fingerprint density at radius 3 is 2.74 bits per heavy atom. The molecule has 0 aliphatic rings. The van der Waals surface area contributed by atoms with E-state index in [2.05, 4.69) is 34.6 Å². The van der Waals surface area contributed by atoms with E-state index in [1.807, 2.05) is 34.9 Å². The Hall–Kier alpha value is -3.11. The van der Waals surface area contributed by atoms with Crippen LogP contribution in [0.5, 0.6) is 0 Å². The SMILES string of the molecule is CCc1ccccc1-n1cnnc1SCC(=O)NCc1ccc(C#N)cc1. The highest BCUT2D eigenvalue weighted by Gasteiger charge is 2.12. The summed E-state index contributed by atoms with van der Waals surface area (Å²) >= 11 is 1.35. The fraction of sp³-hybridized carbons (Fsp3) is 0.200. The molecule has 27 heavy (non-hydrogen) atoms. The summed E-state index contributed by atoms with van der Waals surface area (Å²) in [6.45, 7) is 2.53. The van der Waals surface area contributed by atoms with E-state index in [0.29, 0.717) is 17.3 Å². The van der Waals surface area contributed by atoms with E-state index >= 15 is 0 Å². The van der Waals surface area contributed by atoms with E-state index in [-0.39, 0.29) is 11.7 Å². The van der Waals surface area contributed by atoms with Gasteiger partial charge in [0.15, 0.2) is 5.16 Å². The van der Waals surface area contributed by atoms with Crippen LogP contribution < -0.4 is 5.32 Å². The van der Waals surface area contributed by atoms with E-state index in [1.165, 1.54) is 17.3 Å². The van der Waals surface area contributed by atoms with Gasteiger partial charge in [-0.2, -0.15) is 5.26 Å². The van der Waals surface area contributed by atoms with Gasteiger partial charge in [0, 0.05) is 6.54 Å². The largest absolute Gasteiger partial charge is 0.351 e. The minimum absolute atomic E-state index is 0.0808. The van der Waals surface area contributed by atoms with Crippen molar-refractivity contribution < 1.29 is 4.79 Å². The molecule has 1 aromatic heterocycles. The van der Waals surface area contributed by atoms with Gasteiger partial charge < -0.3 is 5.32 Å². The first kappa shape index (κ1) is 18.7. The minimum Gasteiger partial charge on any atom is -0.351 e. The Bertz CT molecular complexity index is 959. The van der Waals surface area contributed by atoms with Gasteiger partial charge in [-0.3, -0.25) is 9.36 Å². The molecule has 1 amide bonds. The van der Waals surface area contributed by atoms with Gasteiger partial charge in [-0.15, -0.1) is 10.2 Å². The predicted molar refractivity (Wildman–Crippen MR) is 104 cm³/mol. The van der Waals surface area contributed by atoms with Crippen molar-refractivity contribution in [1.82, 2.24) is 20.1 Å². The smallest absolute Gasteiger partial charge is 0.230 e. The van der Waals surface area contributed by atoms with Crippen molar-refractivity contribution in [3.63, 3.8) is 0 Å². The number of hydrogen-bond donors (Lipinski definition) is 1. The molecule has 0 fully saturated rings. The average Bonchev–Trinajstić information content (AvgIpc) is 3.19. The third kappa shape index (κ3) is 4.74. The highest BCUT2D eigenvalue weighted by molar-refractivity contribution is 7.99. The van der Waals surface area contributed by atoms with Crippen molar-refractivity contribution in [3.8, 4) is 11.8 Å². The molecule has 0 radical (unpaired) electrons. The molecule has 0 aliphatic carbocycles. The number of nitrogens with one attached hydrogen (secondary N) is 1. The molecule has 0 saturated carbocycles. The molecule has 136 valence electrons. The van der Waals surface area contributed by atoms with Gasteiger partial charge in [0.2, 0.25) is 5.91 Å². The van der Waals surface area contributed by atoms with Crippen molar-refractivity contribution in [2.75, 3.05) is 5.75 Å². The van der Waals surface area contributed by atoms with Crippen molar-refractivity contribution in [2.45, 2.75) is 25.0 Å². The van der Waals surface area contributed by atoms with Gasteiger partial charge in [-0.25, -0.2) is 0 Å². The molecule has 6 nitrogen and oxygen atoms in total. The van der Waals surface area contributed by atoms with Crippen LogP contribution in [0.1, 0.15) is 23.6 Å². The van der Waals surface area contributed by atoms with Crippen LogP contribution in [0.15, 0.2) is 60.0 Å². The first-order valence-corrected chi connectivity index (χ1v) is 9.56. The summed E-state index contributed by atoms with van der Waals surface area (Å²) < 4.78 is 1.91. The molecule has 0 atom stereocenters. The molecule has 0 saturated heterocycles. The molecule has 7 heteroatoms. The number of para-hydroxylation sites is 1. The van der Waals surface area contributed by atoms with Gasteiger partial charge in [-0.1, -0.05) is 49.0 Å². The second kappa shape index (κ2) is 9.01. The number of thioether (sulfide) groups is 1. The van der Waals surface area contributed by atoms with Crippen LogP contribution in [0, 0.1) is 11.3 Å². The molecular weight excluding hydrogens is 358 g/mol. The number of nitriles is 1. The van der Waals surface area contributed by atoms with E-state index < -0.39 is 0 Å². The van der Waals surface area contributed by atoms with Crippen molar-refractivity contribution in [2.24, 2.45) is 0 Å². The summed E-state index contributed by atoms with van der Waals surface area (Å²) in [5.74, 6) is 0.172. The lowest BCUT2D eigenvalue weighted by atomic mass is 10.1. The Morgan fingerprint density at radius 1 is 1.22 bits per heavy atom. The summed E-state index contributed by atoms with van der Waals surface area (Å²) in [5, 5.41) is 20.5. The average molecular weight is 377 g/mol. The predicted octanol–water partition coefficient (Wildman–Crippen LogP) is 3.11. The maximum atomic E-state index is 12.2. The fourth-order valence-corrected chi connectivity index (χ4v) is 3.36. The standard InChI is InChI=1S/C20H19N5OS/c1-2-17-5-3-4-6-18(17)25-14-23-24-20(25)27-13-19(26)22-12-16-9-7-15(11-21)8-10-16/h3-10,14H,2,12-13H2,1H3,(H,22,26). The quantitative estimate of drug-likeness (QED) is 0.640. The Balaban J connectivity index is 1.58. The number of aryl methyl sites for hydroxylation is 1. The summed E-state index contributed by atoms with van der Waals surface area (Å²) in [5.41, 5.74) is 3.79. The molecule has 2 aromatic carbocycles. The lowest BCUT2D eigenvalue weighted by Crippen LogP contribution is -2.24. The molecule has 3 aromatic rings. The molecule has 1 heterocycles. The Kier molecular flexibility index (Phi) is 6.23. The topological polar surface area (TPSA) is 83.6 Å². The van der Waals surface area contributed by atoms with Crippen LogP contribution in [-0.4, -0.2) is 26.4 Å². The summed E-state index contributed by atoms with van der Waals surface area (Å²) in [6, 6.07) is 17.3. The molecule has 0 aliphatic heterocycles. The Morgan fingerprint density at radius 2 is 2.00 bits per heavy atom. The lowest BCUT2D eigenvalue weighted by Gasteiger charge is -2.10. The van der Waals surface area contributed by atoms with Gasteiger partial charge in [0.05, 0.1) is 23.1 Å². The molecule has 0 spiro atoms. The van der Waals surface area contributed by atoms with E-state index in [9.17, 15) is 4.79 Å². The van der Waals surface area contributed by atoms with Crippen LogP contribution >= 0.6 is 11.8 Å². The Labute approximate surface area is 162 Å². The first-order chi connectivity index (χ1) is 13.2. The number of rotatable bonds is 7. The number of carbonyl (C=O) groups is 1. The third-order valence-corrected chi connectivity index (χ3v) is 5.00. The number of nitrogens with zero attached hydrogens (tertiary/aromatic N) is 4. The molecular formula is C20H19N5OS. The zero-order chi connectivity index (χ0) is 19.1. The van der Waals surface area contributed by atoms with E-state index in [1.54, 1.807) is 18.5 Å². The highest BCUT2D eigenvalue weighted by atomic mass is 32.2. The van der Waals surface area contributed by atoms with Gasteiger partial charge >= 0.3 is 0 Å². The van der Waals surface area contributed by atoms with Crippen LogP contribution in [0.3, 0.4) is 0 Å². The normalized spacial score (nSPS) is 10.4. The summed E-state index contributed by atoms with van der Waals surface area (Å²) in [7, 11) is 0. The lowest BCUT2D eigenvalue weighted by molar-refractivity contribution is -0.118. The molecule has 3 rings (SSSR count). The zero-order valence-corrected chi connectivity index (χ0v) is 15.7. The fourth-order valence-electron chi connectivity index (χ4n) is 2.61. The number of hydrogen-bond acceptors (Lipinski definition) is 5. The minimum atomic E-state index is -0.0808.